The number of rotatable bonds is 26. The number of aliphatic hydroxyl groups excluding tert-OH is 1. The lowest BCUT2D eigenvalue weighted by molar-refractivity contribution is -0.122. The summed E-state index contributed by atoms with van der Waals surface area (Å²) in [5.41, 5.74) is 0. The van der Waals surface area contributed by atoms with Crippen molar-refractivity contribution in [1.82, 2.24) is 5.32 Å². The Bertz CT molecular complexity index is 472. The monoisotopic (exact) mass is 477 g/mol. The fourth-order valence-corrected chi connectivity index (χ4v) is 4.26. The standard InChI is InChI=1S/C31H59NO2/c1-3-5-7-9-11-13-15-16-17-18-19-21-23-25-27-30(29-33)32-31(34)28-26-24-22-20-14-12-10-8-6-4-2/h8,10,23,25,30,33H,3-7,9,11-22,24,26-29H2,1-2H3,(H,32,34)/b10-8-,25-23+. The Morgan fingerprint density at radius 3 is 1.62 bits per heavy atom. The zero-order chi connectivity index (χ0) is 25.0. The Morgan fingerprint density at radius 1 is 0.618 bits per heavy atom. The first-order valence-corrected chi connectivity index (χ1v) is 14.9. The van der Waals surface area contributed by atoms with Crippen LogP contribution in [0.4, 0.5) is 0 Å². The van der Waals surface area contributed by atoms with Gasteiger partial charge in [-0.2, -0.15) is 0 Å². The second kappa shape index (κ2) is 28.1. The summed E-state index contributed by atoms with van der Waals surface area (Å²) in [4.78, 5) is 12.1. The van der Waals surface area contributed by atoms with E-state index in [1.165, 1.54) is 109 Å². The highest BCUT2D eigenvalue weighted by Crippen LogP contribution is 2.12. The summed E-state index contributed by atoms with van der Waals surface area (Å²) in [6, 6.07) is -0.143. The molecular weight excluding hydrogens is 418 g/mol. The molecule has 0 aliphatic heterocycles. The summed E-state index contributed by atoms with van der Waals surface area (Å²) in [7, 11) is 0. The highest BCUT2D eigenvalue weighted by Gasteiger charge is 2.09. The predicted octanol–water partition coefficient (Wildman–Crippen LogP) is 9.20. The number of hydrogen-bond acceptors (Lipinski definition) is 2. The molecule has 0 heterocycles. The Hall–Kier alpha value is -1.09. The molecule has 1 amide bonds. The molecule has 0 aliphatic rings. The minimum absolute atomic E-state index is 0.0140. The second-order valence-corrected chi connectivity index (χ2v) is 10.0. The molecule has 3 nitrogen and oxygen atoms in total. The minimum atomic E-state index is -0.143. The summed E-state index contributed by atoms with van der Waals surface area (Å²) in [5, 5.41) is 12.6. The molecule has 200 valence electrons. The lowest BCUT2D eigenvalue weighted by atomic mass is 10.1. The summed E-state index contributed by atoms with van der Waals surface area (Å²) in [5.74, 6) is 0.0836. The van der Waals surface area contributed by atoms with E-state index in [4.69, 9.17) is 0 Å². The number of carbonyl (C=O) groups excluding carboxylic acids is 1. The van der Waals surface area contributed by atoms with Crippen LogP contribution in [-0.4, -0.2) is 23.7 Å². The maximum absolute atomic E-state index is 12.1. The number of aliphatic hydroxyl groups is 1. The van der Waals surface area contributed by atoms with Crippen molar-refractivity contribution in [2.75, 3.05) is 6.61 Å². The van der Waals surface area contributed by atoms with Crippen LogP contribution in [0.1, 0.15) is 155 Å². The normalized spacial score (nSPS) is 12.7. The highest BCUT2D eigenvalue weighted by molar-refractivity contribution is 5.76. The van der Waals surface area contributed by atoms with Crippen LogP contribution in [0.25, 0.3) is 0 Å². The molecular formula is C31H59NO2. The molecule has 0 saturated heterocycles. The molecule has 0 aliphatic carbocycles. The van der Waals surface area contributed by atoms with E-state index in [0.717, 1.165) is 25.7 Å². The Balaban J connectivity index is 3.54. The van der Waals surface area contributed by atoms with E-state index in [1.54, 1.807) is 0 Å². The second-order valence-electron chi connectivity index (χ2n) is 10.0. The van der Waals surface area contributed by atoms with Crippen LogP contribution in [0.3, 0.4) is 0 Å². The molecule has 2 N–H and O–H groups in total. The van der Waals surface area contributed by atoms with Gasteiger partial charge in [0.15, 0.2) is 0 Å². The van der Waals surface area contributed by atoms with Gasteiger partial charge in [0.05, 0.1) is 12.6 Å². The van der Waals surface area contributed by atoms with Crippen molar-refractivity contribution in [3.05, 3.63) is 24.3 Å². The number of nitrogens with one attached hydrogen (secondary N) is 1. The van der Waals surface area contributed by atoms with Gasteiger partial charge in [-0.05, 0) is 44.9 Å². The van der Waals surface area contributed by atoms with Crippen molar-refractivity contribution in [3.8, 4) is 0 Å². The molecule has 0 bridgehead atoms. The van der Waals surface area contributed by atoms with Gasteiger partial charge in [0.2, 0.25) is 5.91 Å². The van der Waals surface area contributed by atoms with E-state index < -0.39 is 0 Å². The maximum atomic E-state index is 12.1. The van der Waals surface area contributed by atoms with E-state index in [2.05, 4.69) is 43.5 Å². The van der Waals surface area contributed by atoms with Crippen molar-refractivity contribution in [2.24, 2.45) is 0 Å². The summed E-state index contributed by atoms with van der Waals surface area (Å²) in [6.07, 6.45) is 35.9. The van der Waals surface area contributed by atoms with Gasteiger partial charge in [0.1, 0.15) is 0 Å². The van der Waals surface area contributed by atoms with E-state index >= 15 is 0 Å². The maximum Gasteiger partial charge on any atom is 0.220 e. The molecule has 0 aromatic carbocycles. The van der Waals surface area contributed by atoms with Crippen LogP contribution in [0.2, 0.25) is 0 Å². The fourth-order valence-electron chi connectivity index (χ4n) is 4.26. The lowest BCUT2D eigenvalue weighted by Gasteiger charge is -2.14. The molecule has 1 unspecified atom stereocenters. The van der Waals surface area contributed by atoms with Crippen LogP contribution >= 0.6 is 0 Å². The zero-order valence-corrected chi connectivity index (χ0v) is 23.0. The molecule has 34 heavy (non-hydrogen) atoms. The molecule has 0 saturated carbocycles. The number of unbranched alkanes of at least 4 members (excludes halogenated alkanes) is 17. The molecule has 0 rings (SSSR count). The van der Waals surface area contributed by atoms with Crippen molar-refractivity contribution < 1.29 is 9.90 Å². The summed E-state index contributed by atoms with van der Waals surface area (Å²) < 4.78 is 0. The Morgan fingerprint density at radius 2 is 1.09 bits per heavy atom. The van der Waals surface area contributed by atoms with Crippen LogP contribution < -0.4 is 5.32 Å². The van der Waals surface area contributed by atoms with Gasteiger partial charge in [-0.15, -0.1) is 0 Å². The first-order valence-electron chi connectivity index (χ1n) is 14.9. The molecule has 0 spiro atoms. The van der Waals surface area contributed by atoms with Crippen molar-refractivity contribution in [1.29, 1.82) is 0 Å². The zero-order valence-electron chi connectivity index (χ0n) is 23.0. The van der Waals surface area contributed by atoms with E-state index in [-0.39, 0.29) is 18.6 Å². The van der Waals surface area contributed by atoms with Gasteiger partial charge in [0, 0.05) is 6.42 Å². The largest absolute Gasteiger partial charge is 0.394 e. The topological polar surface area (TPSA) is 49.3 Å². The molecule has 0 fully saturated rings. The first kappa shape index (κ1) is 32.9. The lowest BCUT2D eigenvalue weighted by Crippen LogP contribution is -2.36. The number of allylic oxidation sites excluding steroid dienone is 3. The summed E-state index contributed by atoms with van der Waals surface area (Å²) in [6.45, 7) is 4.50. The fraction of sp³-hybridized carbons (Fsp3) is 0.839. The molecule has 0 radical (unpaired) electrons. The van der Waals surface area contributed by atoms with Crippen LogP contribution in [0.5, 0.6) is 0 Å². The molecule has 0 aromatic rings. The van der Waals surface area contributed by atoms with Crippen molar-refractivity contribution in [3.63, 3.8) is 0 Å². The predicted molar refractivity (Wildman–Crippen MR) is 150 cm³/mol. The van der Waals surface area contributed by atoms with Gasteiger partial charge in [0.25, 0.3) is 0 Å². The number of hydrogen-bond donors (Lipinski definition) is 2. The third-order valence-corrected chi connectivity index (χ3v) is 6.54. The molecule has 0 aromatic heterocycles. The smallest absolute Gasteiger partial charge is 0.220 e. The quantitative estimate of drug-likeness (QED) is 0.0963. The first-order chi connectivity index (χ1) is 16.7. The van der Waals surface area contributed by atoms with Gasteiger partial charge < -0.3 is 10.4 Å². The average molecular weight is 478 g/mol. The summed E-state index contributed by atoms with van der Waals surface area (Å²) >= 11 is 0. The van der Waals surface area contributed by atoms with Crippen molar-refractivity contribution in [2.45, 2.75) is 161 Å². The Kier molecular flexibility index (Phi) is 27.2. The third-order valence-electron chi connectivity index (χ3n) is 6.54. The van der Waals surface area contributed by atoms with Crippen molar-refractivity contribution >= 4 is 5.91 Å². The Labute approximate surface area is 213 Å². The van der Waals surface area contributed by atoms with Gasteiger partial charge in [-0.25, -0.2) is 0 Å². The van der Waals surface area contributed by atoms with Crippen LogP contribution in [-0.2, 0) is 4.79 Å². The van der Waals surface area contributed by atoms with Crippen LogP contribution in [0.15, 0.2) is 24.3 Å². The highest BCUT2D eigenvalue weighted by atomic mass is 16.3. The SMILES string of the molecule is CCC/C=C\CCCCCCCC(=O)NC(CO)C/C=C/CCCCCCCCCCCCC. The minimum Gasteiger partial charge on any atom is -0.394 e. The molecule has 1 atom stereocenters. The van der Waals surface area contributed by atoms with Crippen LogP contribution in [0, 0.1) is 0 Å². The van der Waals surface area contributed by atoms with E-state index in [0.29, 0.717) is 6.42 Å². The average Bonchev–Trinajstić information content (AvgIpc) is 2.84. The van der Waals surface area contributed by atoms with E-state index in [1.807, 2.05) is 0 Å². The third kappa shape index (κ3) is 25.5. The number of amides is 1. The van der Waals surface area contributed by atoms with Gasteiger partial charge in [-0.3, -0.25) is 4.79 Å². The number of carbonyl (C=O) groups is 1. The van der Waals surface area contributed by atoms with E-state index in [9.17, 15) is 9.90 Å². The molecule has 3 heteroatoms. The van der Waals surface area contributed by atoms with Gasteiger partial charge in [-0.1, -0.05) is 128 Å². The van der Waals surface area contributed by atoms with Gasteiger partial charge >= 0.3 is 0 Å².